The van der Waals surface area contributed by atoms with Gasteiger partial charge in [-0.3, -0.25) is 9.59 Å². The minimum absolute atomic E-state index is 0.0597. The number of carbonyl (C=O) groups is 2. The van der Waals surface area contributed by atoms with Crippen LogP contribution in [0.25, 0.3) is 0 Å². The number of sulfonamides is 1. The highest BCUT2D eigenvalue weighted by Gasteiger charge is 2.45. The maximum Gasteiger partial charge on any atom is 0.269 e. The van der Waals surface area contributed by atoms with E-state index >= 15 is 0 Å². The van der Waals surface area contributed by atoms with Crippen molar-refractivity contribution in [1.82, 2.24) is 9.46 Å². The predicted molar refractivity (Wildman–Crippen MR) is 79.1 cm³/mol. The molecule has 1 aromatic heterocycles. The Bertz CT molecular complexity index is 903. The summed E-state index contributed by atoms with van der Waals surface area (Å²) in [6.07, 6.45) is 0. The van der Waals surface area contributed by atoms with Gasteiger partial charge in [0, 0.05) is 6.07 Å². The number of benzene rings is 1. The first-order valence-corrected chi connectivity index (χ1v) is 8.18. The first kappa shape index (κ1) is 15.2. The maximum absolute atomic E-state index is 12.5. The number of fused-ring (bicyclic) bond motifs is 1. The average molecular weight is 335 g/mol. The largest absolute Gasteiger partial charge is 0.360 e. The molecule has 1 aromatic carbocycles. The summed E-state index contributed by atoms with van der Waals surface area (Å²) in [5.74, 6) is -0.756. The van der Waals surface area contributed by atoms with Crippen LogP contribution in [0.2, 0.25) is 0 Å². The number of nitrogens with zero attached hydrogens (tertiary/aromatic N) is 2. The van der Waals surface area contributed by atoms with E-state index in [-0.39, 0.29) is 16.3 Å². The van der Waals surface area contributed by atoms with E-state index in [2.05, 4.69) is 10.5 Å². The third-order valence-corrected chi connectivity index (χ3v) is 5.38. The zero-order chi connectivity index (χ0) is 16.8. The predicted octanol–water partition coefficient (Wildman–Crippen LogP) is 1.15. The van der Waals surface area contributed by atoms with Gasteiger partial charge in [0.05, 0.1) is 5.56 Å². The lowest BCUT2D eigenvalue weighted by Crippen LogP contribution is -2.45. The first-order valence-electron chi connectivity index (χ1n) is 6.74. The van der Waals surface area contributed by atoms with Crippen LogP contribution in [0.1, 0.15) is 23.0 Å². The number of anilines is 1. The van der Waals surface area contributed by atoms with Crippen molar-refractivity contribution < 1.29 is 22.5 Å². The second-order valence-electron chi connectivity index (χ2n) is 5.09. The average Bonchev–Trinajstić information content (AvgIpc) is 2.99. The van der Waals surface area contributed by atoms with E-state index in [4.69, 9.17) is 4.52 Å². The van der Waals surface area contributed by atoms with Gasteiger partial charge in [-0.2, -0.15) is 0 Å². The number of amides is 2. The van der Waals surface area contributed by atoms with Crippen LogP contribution in [0.3, 0.4) is 0 Å². The minimum Gasteiger partial charge on any atom is -0.360 e. The van der Waals surface area contributed by atoms with Gasteiger partial charge in [0.1, 0.15) is 16.7 Å². The Hall–Kier alpha value is -2.68. The molecule has 120 valence electrons. The van der Waals surface area contributed by atoms with Gasteiger partial charge in [-0.05, 0) is 26.0 Å². The topological polar surface area (TPSA) is 110 Å². The van der Waals surface area contributed by atoms with E-state index in [1.807, 2.05) is 0 Å². The van der Waals surface area contributed by atoms with Gasteiger partial charge in [0.25, 0.3) is 15.9 Å². The Balaban J connectivity index is 1.90. The lowest BCUT2D eigenvalue weighted by molar-refractivity contribution is -0.118. The highest BCUT2D eigenvalue weighted by molar-refractivity contribution is 7.90. The van der Waals surface area contributed by atoms with E-state index in [1.54, 1.807) is 13.0 Å². The third-order valence-electron chi connectivity index (χ3n) is 3.46. The van der Waals surface area contributed by atoms with Gasteiger partial charge < -0.3 is 9.84 Å². The molecule has 3 rings (SSSR count). The molecule has 1 aliphatic rings. The van der Waals surface area contributed by atoms with Gasteiger partial charge in [0.2, 0.25) is 5.91 Å². The molecule has 1 aliphatic heterocycles. The molecule has 8 nitrogen and oxygen atoms in total. The lowest BCUT2D eigenvalue weighted by atomic mass is 10.2. The zero-order valence-corrected chi connectivity index (χ0v) is 13.1. The second-order valence-corrected chi connectivity index (χ2v) is 6.87. The molecule has 0 bridgehead atoms. The summed E-state index contributed by atoms with van der Waals surface area (Å²) in [5.41, 5.74) is 0.0597. The van der Waals surface area contributed by atoms with E-state index in [0.717, 1.165) is 0 Å². The van der Waals surface area contributed by atoms with Crippen molar-refractivity contribution in [2.45, 2.75) is 24.8 Å². The number of nitrogens with one attached hydrogen (secondary N) is 1. The fourth-order valence-corrected chi connectivity index (χ4v) is 4.07. The van der Waals surface area contributed by atoms with Crippen molar-refractivity contribution >= 4 is 27.7 Å². The number of aromatic nitrogens is 1. The first-order chi connectivity index (χ1) is 10.8. The summed E-state index contributed by atoms with van der Waals surface area (Å²) >= 11 is 0. The lowest BCUT2D eigenvalue weighted by Gasteiger charge is -2.21. The molecule has 0 unspecified atom stereocenters. The monoisotopic (exact) mass is 335 g/mol. The van der Waals surface area contributed by atoms with Crippen LogP contribution in [0.4, 0.5) is 5.82 Å². The van der Waals surface area contributed by atoms with Gasteiger partial charge in [-0.15, -0.1) is 0 Å². The quantitative estimate of drug-likeness (QED) is 0.901. The molecule has 0 fully saturated rings. The molecule has 2 amide bonds. The third kappa shape index (κ3) is 2.38. The molecule has 1 atom stereocenters. The highest BCUT2D eigenvalue weighted by atomic mass is 32.2. The number of hydrogen-bond donors (Lipinski definition) is 1. The maximum atomic E-state index is 12.5. The Morgan fingerprint density at radius 3 is 2.65 bits per heavy atom. The normalized spacial score (nSPS) is 17.0. The van der Waals surface area contributed by atoms with Crippen LogP contribution < -0.4 is 5.32 Å². The van der Waals surface area contributed by atoms with E-state index in [9.17, 15) is 18.0 Å². The van der Waals surface area contributed by atoms with E-state index in [1.165, 1.54) is 31.2 Å². The van der Waals surface area contributed by atoms with Crippen LogP contribution in [0.15, 0.2) is 39.8 Å². The van der Waals surface area contributed by atoms with Crippen molar-refractivity contribution in [1.29, 1.82) is 0 Å². The second kappa shape index (κ2) is 5.20. The van der Waals surface area contributed by atoms with Crippen LogP contribution in [-0.4, -0.2) is 35.7 Å². The zero-order valence-electron chi connectivity index (χ0n) is 12.3. The molecule has 0 spiro atoms. The van der Waals surface area contributed by atoms with Gasteiger partial charge >= 0.3 is 0 Å². The van der Waals surface area contributed by atoms with Crippen molar-refractivity contribution in [3.8, 4) is 0 Å². The van der Waals surface area contributed by atoms with Crippen LogP contribution >= 0.6 is 0 Å². The van der Waals surface area contributed by atoms with Crippen molar-refractivity contribution in [3.63, 3.8) is 0 Å². The molecule has 23 heavy (non-hydrogen) atoms. The molecule has 0 saturated carbocycles. The number of rotatable bonds is 3. The molecule has 0 aliphatic carbocycles. The molecule has 0 radical (unpaired) electrons. The van der Waals surface area contributed by atoms with Crippen LogP contribution in [-0.2, 0) is 14.8 Å². The molecule has 2 aromatic rings. The fourth-order valence-electron chi connectivity index (χ4n) is 2.35. The molecular formula is C14H13N3O5S. The van der Waals surface area contributed by atoms with Crippen molar-refractivity contribution in [2.24, 2.45) is 0 Å². The fraction of sp³-hybridized carbons (Fsp3) is 0.214. The Kier molecular flexibility index (Phi) is 3.44. The van der Waals surface area contributed by atoms with Gasteiger partial charge in [-0.1, -0.05) is 17.3 Å². The molecule has 0 saturated heterocycles. The van der Waals surface area contributed by atoms with Crippen LogP contribution in [0.5, 0.6) is 0 Å². The van der Waals surface area contributed by atoms with Gasteiger partial charge in [-0.25, -0.2) is 12.7 Å². The number of carbonyl (C=O) groups excluding carboxylic acids is 2. The van der Waals surface area contributed by atoms with Crippen molar-refractivity contribution in [3.05, 3.63) is 41.7 Å². The standard InChI is InChI=1S/C14H13N3O5S/c1-8-7-12(16-22-8)15-13(18)9(2)17-14(19)10-5-3-4-6-11(10)23(17,20)21/h3-7,9H,1-2H3,(H,15,16,18)/t9-/m0/s1. The highest BCUT2D eigenvalue weighted by Crippen LogP contribution is 2.31. The smallest absolute Gasteiger partial charge is 0.269 e. The van der Waals surface area contributed by atoms with Gasteiger partial charge in [0.15, 0.2) is 5.82 Å². The Labute approximate surface area is 132 Å². The molecule has 9 heteroatoms. The SMILES string of the molecule is Cc1cc(NC(=O)[C@H](C)N2C(=O)c3ccccc3S2(=O)=O)no1. The molecule has 2 heterocycles. The van der Waals surface area contributed by atoms with Crippen molar-refractivity contribution in [2.75, 3.05) is 5.32 Å². The van der Waals surface area contributed by atoms with E-state index < -0.39 is 27.9 Å². The summed E-state index contributed by atoms with van der Waals surface area (Å²) in [6.45, 7) is 2.99. The number of aryl methyl sites for hydroxylation is 1. The Morgan fingerprint density at radius 2 is 2.04 bits per heavy atom. The summed E-state index contributed by atoms with van der Waals surface area (Å²) in [5, 5.41) is 6.02. The summed E-state index contributed by atoms with van der Waals surface area (Å²) in [4.78, 5) is 24.5. The molecule has 1 N–H and O–H groups in total. The Morgan fingerprint density at radius 1 is 1.35 bits per heavy atom. The summed E-state index contributed by atoms with van der Waals surface area (Å²) < 4.78 is 30.4. The molecular weight excluding hydrogens is 322 g/mol. The minimum atomic E-state index is -4.05. The van der Waals surface area contributed by atoms with Crippen LogP contribution in [0, 0.1) is 6.92 Å². The summed E-state index contributed by atoms with van der Waals surface area (Å²) in [6, 6.07) is 6.11. The van der Waals surface area contributed by atoms with E-state index in [0.29, 0.717) is 10.1 Å². The number of hydrogen-bond acceptors (Lipinski definition) is 6. The summed E-state index contributed by atoms with van der Waals surface area (Å²) in [7, 11) is -4.05.